The summed E-state index contributed by atoms with van der Waals surface area (Å²) in [5.74, 6) is -11.3. The third-order valence-corrected chi connectivity index (χ3v) is 1.64. The number of carbonyl (C=O) groups excluding carboxylic acids is 2. The van der Waals surface area contributed by atoms with Gasteiger partial charge < -0.3 is 10.2 Å². The van der Waals surface area contributed by atoms with Crippen molar-refractivity contribution < 1.29 is 92.9 Å². The molecule has 0 unspecified atom stereocenters. The second-order valence-corrected chi connectivity index (χ2v) is 3.74. The first-order valence-corrected chi connectivity index (χ1v) is 5.24. The average molecular weight is 521 g/mol. The van der Waals surface area contributed by atoms with E-state index in [0.717, 1.165) is 0 Å². The third-order valence-electron chi connectivity index (χ3n) is 1.64. The molecule has 0 amide bonds. The van der Waals surface area contributed by atoms with Crippen LogP contribution in [0.1, 0.15) is 0 Å². The number of alkyl halides is 12. The Kier molecular flexibility index (Phi) is 11.1. The van der Waals surface area contributed by atoms with Crippen LogP contribution in [0.25, 0.3) is 0 Å². The van der Waals surface area contributed by atoms with Gasteiger partial charge in [-0.05, 0) is 23.7 Å². The van der Waals surface area contributed by atoms with Crippen molar-refractivity contribution in [3.8, 4) is 0 Å². The molecule has 27 heavy (non-hydrogen) atoms. The van der Waals surface area contributed by atoms with Crippen LogP contribution in [0.3, 0.4) is 0 Å². The van der Waals surface area contributed by atoms with E-state index in [1.165, 1.54) is 0 Å². The molecular formula is C10H2F12O4Pd. The minimum Gasteiger partial charge on any atom is -0.869 e. The summed E-state index contributed by atoms with van der Waals surface area (Å²) < 4.78 is 136. The van der Waals surface area contributed by atoms with Gasteiger partial charge in [0.25, 0.3) is 11.6 Å². The molecule has 0 aromatic heterocycles. The summed E-state index contributed by atoms with van der Waals surface area (Å²) in [6.45, 7) is 0. The number of carbonyl (C=O) groups is 2. The van der Waals surface area contributed by atoms with Crippen LogP contribution in [0, 0.1) is 0 Å². The monoisotopic (exact) mass is 520 g/mol. The Labute approximate surface area is 153 Å². The van der Waals surface area contributed by atoms with Crippen molar-refractivity contribution in [2.45, 2.75) is 24.7 Å². The van der Waals surface area contributed by atoms with Crippen molar-refractivity contribution in [3.63, 3.8) is 0 Å². The summed E-state index contributed by atoms with van der Waals surface area (Å²) in [6, 6.07) is 0. The molecule has 0 fully saturated rings. The van der Waals surface area contributed by atoms with Crippen LogP contribution in [0.5, 0.6) is 0 Å². The summed E-state index contributed by atoms with van der Waals surface area (Å²) >= 11 is 0. The smallest absolute Gasteiger partial charge is 0.869 e. The molecule has 0 heterocycles. The first-order chi connectivity index (χ1) is 11.1. The second-order valence-electron chi connectivity index (χ2n) is 3.74. The Morgan fingerprint density at radius 1 is 0.519 bits per heavy atom. The Balaban J connectivity index is -0.000000411. The SMILES string of the molecule is O=C(/C=C(\[O-])C(F)(F)F)C(F)(F)F.O=C(/C=C(\[O-])C(F)(F)F)C(F)(F)F.[Pd+2]. The maximum atomic E-state index is 11.3. The van der Waals surface area contributed by atoms with Gasteiger partial charge in [0.1, 0.15) is 0 Å². The molecule has 0 rings (SSSR count). The second kappa shape index (κ2) is 9.97. The summed E-state index contributed by atoms with van der Waals surface area (Å²) in [4.78, 5) is 19.6. The number of hydrogen-bond donors (Lipinski definition) is 0. The largest absolute Gasteiger partial charge is 2.00 e. The molecule has 4 nitrogen and oxygen atoms in total. The quantitative estimate of drug-likeness (QED) is 0.241. The van der Waals surface area contributed by atoms with Gasteiger partial charge in [0.2, 0.25) is 0 Å². The molecule has 0 saturated heterocycles. The molecule has 0 aliphatic rings. The van der Waals surface area contributed by atoms with E-state index in [2.05, 4.69) is 0 Å². The Bertz CT molecular complexity index is 527. The third kappa shape index (κ3) is 13.1. The van der Waals surface area contributed by atoms with Crippen molar-refractivity contribution in [2.75, 3.05) is 0 Å². The molecule has 160 valence electrons. The predicted molar refractivity (Wildman–Crippen MR) is 50.4 cm³/mol. The van der Waals surface area contributed by atoms with Gasteiger partial charge in [-0.1, -0.05) is 0 Å². The molecule has 0 saturated carbocycles. The average Bonchev–Trinajstić information content (AvgIpc) is 2.34. The zero-order chi connectivity index (χ0) is 21.7. The topological polar surface area (TPSA) is 80.3 Å². The molecule has 0 aromatic carbocycles. The molecule has 0 spiro atoms. The number of halogens is 12. The van der Waals surface area contributed by atoms with E-state index in [1.807, 2.05) is 0 Å². The molecule has 0 aromatic rings. The van der Waals surface area contributed by atoms with Crippen molar-refractivity contribution in [2.24, 2.45) is 0 Å². The van der Waals surface area contributed by atoms with Gasteiger partial charge in [0.15, 0.2) is 0 Å². The van der Waals surface area contributed by atoms with Gasteiger partial charge in [0.05, 0.1) is 0 Å². The molecule has 0 bridgehead atoms. The van der Waals surface area contributed by atoms with E-state index in [-0.39, 0.29) is 20.4 Å². The number of allylic oxidation sites excluding steroid dienone is 4. The standard InChI is InChI=1S/2C5H2F6O2.Pd/c2*6-4(7,8)2(12)1-3(13)5(9,10)11;/h2*1,12H;/q;;+2/p-2/b2*2-1-;. The fraction of sp³-hybridized carbons (Fsp3) is 0.400. The van der Waals surface area contributed by atoms with Crippen molar-refractivity contribution in [3.05, 3.63) is 23.7 Å². The Morgan fingerprint density at radius 3 is 0.815 bits per heavy atom. The normalized spacial score (nSPS) is 13.9. The maximum Gasteiger partial charge on any atom is 2.00 e. The Morgan fingerprint density at radius 2 is 0.704 bits per heavy atom. The van der Waals surface area contributed by atoms with E-state index >= 15 is 0 Å². The Hall–Kier alpha value is -1.76. The molecular weight excluding hydrogens is 519 g/mol. The summed E-state index contributed by atoms with van der Waals surface area (Å²) in [5.41, 5.74) is 0. The van der Waals surface area contributed by atoms with E-state index < -0.39 is 59.9 Å². The van der Waals surface area contributed by atoms with Crippen molar-refractivity contribution >= 4 is 11.6 Å². The van der Waals surface area contributed by atoms with E-state index in [1.54, 1.807) is 0 Å². The molecule has 0 N–H and O–H groups in total. The molecule has 0 atom stereocenters. The van der Waals surface area contributed by atoms with Gasteiger partial charge in [-0.2, -0.15) is 52.7 Å². The summed E-state index contributed by atoms with van der Waals surface area (Å²) in [7, 11) is 0. The molecule has 17 heteroatoms. The van der Waals surface area contributed by atoms with Gasteiger partial charge >= 0.3 is 45.1 Å². The van der Waals surface area contributed by atoms with Gasteiger partial charge in [-0.15, -0.1) is 0 Å². The van der Waals surface area contributed by atoms with E-state index in [0.29, 0.717) is 0 Å². The molecule has 0 aliphatic carbocycles. The van der Waals surface area contributed by atoms with Crippen molar-refractivity contribution in [1.29, 1.82) is 0 Å². The van der Waals surface area contributed by atoms with Crippen LogP contribution in [0.2, 0.25) is 0 Å². The van der Waals surface area contributed by atoms with Crippen LogP contribution < -0.4 is 10.2 Å². The van der Waals surface area contributed by atoms with E-state index in [9.17, 15) is 72.5 Å². The van der Waals surface area contributed by atoms with Gasteiger partial charge in [-0.3, -0.25) is 9.59 Å². The fourth-order valence-corrected chi connectivity index (χ4v) is 0.565. The molecule has 0 radical (unpaired) electrons. The van der Waals surface area contributed by atoms with Gasteiger partial charge in [0, 0.05) is 0 Å². The van der Waals surface area contributed by atoms with Crippen LogP contribution >= 0.6 is 0 Å². The number of rotatable bonds is 2. The zero-order valence-electron chi connectivity index (χ0n) is 11.6. The number of hydrogen-bond acceptors (Lipinski definition) is 4. The fourth-order valence-electron chi connectivity index (χ4n) is 0.565. The zero-order valence-corrected chi connectivity index (χ0v) is 13.2. The van der Waals surface area contributed by atoms with Gasteiger partial charge in [-0.25, -0.2) is 0 Å². The van der Waals surface area contributed by atoms with Crippen LogP contribution in [0.4, 0.5) is 52.7 Å². The van der Waals surface area contributed by atoms with Crippen molar-refractivity contribution in [1.82, 2.24) is 0 Å². The first-order valence-electron chi connectivity index (χ1n) is 5.24. The molecule has 0 aliphatic heterocycles. The minimum atomic E-state index is -5.46. The predicted octanol–water partition coefficient (Wildman–Crippen LogP) is 1.85. The summed E-state index contributed by atoms with van der Waals surface area (Å²) in [6.07, 6.45) is -23.9. The van der Waals surface area contributed by atoms with Crippen LogP contribution in [-0.4, -0.2) is 36.3 Å². The first kappa shape index (κ1) is 30.0. The van der Waals surface area contributed by atoms with Crippen LogP contribution in [-0.2, 0) is 30.0 Å². The minimum absolute atomic E-state index is 0. The van der Waals surface area contributed by atoms with E-state index in [4.69, 9.17) is 0 Å². The van der Waals surface area contributed by atoms with Crippen LogP contribution in [0.15, 0.2) is 23.7 Å². The number of ketones is 2. The maximum absolute atomic E-state index is 11.3. The summed E-state index contributed by atoms with van der Waals surface area (Å²) in [5, 5.41) is 19.6.